The number of carbonyl (C=O) groups excluding carboxylic acids is 1. The molecule has 2 saturated heterocycles. The van der Waals surface area contributed by atoms with Crippen molar-refractivity contribution >= 4 is 40.3 Å². The van der Waals surface area contributed by atoms with Crippen LogP contribution in [0.1, 0.15) is 18.4 Å². The molecule has 1 unspecified atom stereocenters. The highest BCUT2D eigenvalue weighted by atomic mass is 32.2. The first-order valence-electron chi connectivity index (χ1n) is 7.71. The lowest BCUT2D eigenvalue weighted by Crippen LogP contribution is -2.35. The largest absolute Gasteiger partial charge is 0.493 e. The highest BCUT2D eigenvalue weighted by Gasteiger charge is 2.34. The molecule has 1 aromatic rings. The molecule has 0 saturated carbocycles. The summed E-state index contributed by atoms with van der Waals surface area (Å²) < 4.78 is 16.7. The van der Waals surface area contributed by atoms with Crippen LogP contribution in [0.25, 0.3) is 6.08 Å². The zero-order chi connectivity index (χ0) is 17.1. The lowest BCUT2D eigenvalue weighted by atomic mass is 10.2. The number of carbonyl (C=O) groups is 1. The van der Waals surface area contributed by atoms with E-state index in [0.29, 0.717) is 27.3 Å². The molecule has 7 heteroatoms. The molecule has 0 radical (unpaired) electrons. The van der Waals surface area contributed by atoms with Gasteiger partial charge in [-0.15, -0.1) is 0 Å². The van der Waals surface area contributed by atoms with Gasteiger partial charge in [-0.1, -0.05) is 30.0 Å². The number of ether oxygens (including phenoxy) is 3. The van der Waals surface area contributed by atoms with Crippen molar-refractivity contribution in [3.05, 3.63) is 28.7 Å². The predicted octanol–water partition coefficient (Wildman–Crippen LogP) is 3.08. The van der Waals surface area contributed by atoms with E-state index < -0.39 is 0 Å². The molecular formula is C17H19NO4S2. The molecule has 0 bridgehead atoms. The Bertz CT molecular complexity index is 683. The second kappa shape index (κ2) is 7.55. The van der Waals surface area contributed by atoms with Crippen molar-refractivity contribution < 1.29 is 19.0 Å². The molecule has 2 fully saturated rings. The first-order valence-corrected chi connectivity index (χ1v) is 8.94. The number of methoxy groups -OCH3 is 2. The van der Waals surface area contributed by atoms with Crippen LogP contribution in [0.2, 0.25) is 0 Å². The fourth-order valence-corrected chi connectivity index (χ4v) is 4.02. The van der Waals surface area contributed by atoms with Crippen LogP contribution in [-0.2, 0) is 9.53 Å². The molecule has 2 aliphatic rings. The van der Waals surface area contributed by atoms with Gasteiger partial charge in [-0.3, -0.25) is 9.69 Å². The third-order valence-corrected chi connectivity index (χ3v) is 5.37. The molecule has 24 heavy (non-hydrogen) atoms. The zero-order valence-corrected chi connectivity index (χ0v) is 15.2. The summed E-state index contributed by atoms with van der Waals surface area (Å²) in [7, 11) is 3.18. The molecule has 5 nitrogen and oxygen atoms in total. The Morgan fingerprint density at radius 2 is 2.17 bits per heavy atom. The minimum absolute atomic E-state index is 0.0599. The number of hydrogen-bond donors (Lipinski definition) is 0. The molecule has 0 aromatic heterocycles. The van der Waals surface area contributed by atoms with E-state index >= 15 is 0 Å². The smallest absolute Gasteiger partial charge is 0.266 e. The number of amides is 1. The van der Waals surface area contributed by atoms with Gasteiger partial charge in [0.05, 0.1) is 31.8 Å². The summed E-state index contributed by atoms with van der Waals surface area (Å²) in [6.45, 7) is 1.30. The van der Waals surface area contributed by atoms with E-state index in [0.717, 1.165) is 25.0 Å². The second-order valence-corrected chi connectivity index (χ2v) is 7.22. The maximum absolute atomic E-state index is 12.6. The monoisotopic (exact) mass is 365 g/mol. The summed E-state index contributed by atoms with van der Waals surface area (Å²) in [5.74, 6) is 1.22. The second-order valence-electron chi connectivity index (χ2n) is 5.54. The highest BCUT2D eigenvalue weighted by molar-refractivity contribution is 8.26. The Morgan fingerprint density at radius 3 is 2.83 bits per heavy atom. The van der Waals surface area contributed by atoms with Gasteiger partial charge in [0, 0.05) is 6.61 Å². The van der Waals surface area contributed by atoms with Crippen molar-refractivity contribution in [1.29, 1.82) is 0 Å². The Morgan fingerprint density at radius 1 is 1.38 bits per heavy atom. The minimum Gasteiger partial charge on any atom is -0.493 e. The molecule has 0 spiro atoms. The van der Waals surface area contributed by atoms with Gasteiger partial charge in [-0.05, 0) is 36.6 Å². The number of rotatable bonds is 5. The Balaban J connectivity index is 1.78. The lowest BCUT2D eigenvalue weighted by molar-refractivity contribution is -0.123. The van der Waals surface area contributed by atoms with Gasteiger partial charge < -0.3 is 14.2 Å². The van der Waals surface area contributed by atoms with Crippen molar-refractivity contribution in [1.82, 2.24) is 4.90 Å². The number of thiocarbonyl (C=S) groups is 1. The first kappa shape index (κ1) is 17.3. The molecule has 3 rings (SSSR count). The number of nitrogens with zero attached hydrogens (tertiary/aromatic N) is 1. The fraction of sp³-hybridized carbons (Fsp3) is 0.412. The standard InChI is InChI=1S/C17H19NO4S2/c1-20-13-6-5-11(8-14(13)21-2)9-15-16(19)18(17(23)24-15)10-12-4-3-7-22-12/h5-6,8-9,12H,3-4,7,10H2,1-2H3/b15-9-. The van der Waals surface area contributed by atoms with Crippen molar-refractivity contribution in [2.75, 3.05) is 27.4 Å². The summed E-state index contributed by atoms with van der Waals surface area (Å²) >= 11 is 6.69. The normalized spacial score (nSPS) is 22.5. The van der Waals surface area contributed by atoms with Crippen LogP contribution in [0, 0.1) is 0 Å². The molecule has 1 amide bonds. The van der Waals surface area contributed by atoms with Crippen LogP contribution in [-0.4, -0.2) is 48.6 Å². The molecule has 0 N–H and O–H groups in total. The molecule has 128 valence electrons. The number of thioether (sulfide) groups is 1. The molecule has 2 heterocycles. The Kier molecular flexibility index (Phi) is 5.43. The summed E-state index contributed by atoms with van der Waals surface area (Å²) in [6.07, 6.45) is 3.94. The van der Waals surface area contributed by atoms with Crippen molar-refractivity contribution in [2.24, 2.45) is 0 Å². The quantitative estimate of drug-likeness (QED) is 0.590. The predicted molar refractivity (Wildman–Crippen MR) is 98.4 cm³/mol. The van der Waals surface area contributed by atoms with Crippen LogP contribution in [0.3, 0.4) is 0 Å². The molecule has 0 aliphatic carbocycles. The molecule has 2 aliphatic heterocycles. The molecular weight excluding hydrogens is 346 g/mol. The topological polar surface area (TPSA) is 48.0 Å². The Hall–Kier alpha value is -1.57. The highest BCUT2D eigenvalue weighted by Crippen LogP contribution is 2.35. The van der Waals surface area contributed by atoms with Crippen molar-refractivity contribution in [2.45, 2.75) is 18.9 Å². The van der Waals surface area contributed by atoms with Gasteiger partial charge >= 0.3 is 0 Å². The average Bonchev–Trinajstić information content (AvgIpc) is 3.19. The van der Waals surface area contributed by atoms with E-state index in [-0.39, 0.29) is 12.0 Å². The van der Waals surface area contributed by atoms with Gasteiger partial charge in [0.25, 0.3) is 5.91 Å². The van der Waals surface area contributed by atoms with Crippen LogP contribution >= 0.6 is 24.0 Å². The van der Waals surface area contributed by atoms with Crippen LogP contribution in [0.4, 0.5) is 0 Å². The zero-order valence-electron chi connectivity index (χ0n) is 13.6. The number of hydrogen-bond acceptors (Lipinski definition) is 6. The maximum Gasteiger partial charge on any atom is 0.266 e. The summed E-state index contributed by atoms with van der Waals surface area (Å²) in [4.78, 5) is 14.9. The summed E-state index contributed by atoms with van der Waals surface area (Å²) in [5, 5.41) is 0. The van der Waals surface area contributed by atoms with Crippen LogP contribution in [0.5, 0.6) is 11.5 Å². The minimum atomic E-state index is -0.0599. The lowest BCUT2D eigenvalue weighted by Gasteiger charge is -2.18. The van der Waals surface area contributed by atoms with Crippen molar-refractivity contribution in [3.8, 4) is 11.5 Å². The first-order chi connectivity index (χ1) is 11.6. The summed E-state index contributed by atoms with van der Waals surface area (Å²) in [6, 6.07) is 5.54. The molecule has 1 aromatic carbocycles. The van der Waals surface area contributed by atoms with Gasteiger partial charge in [-0.2, -0.15) is 0 Å². The van der Waals surface area contributed by atoms with E-state index in [2.05, 4.69) is 0 Å². The van der Waals surface area contributed by atoms with Crippen LogP contribution in [0.15, 0.2) is 23.1 Å². The van der Waals surface area contributed by atoms with Gasteiger partial charge in [0.2, 0.25) is 0 Å². The number of benzene rings is 1. The average molecular weight is 365 g/mol. The van der Waals surface area contributed by atoms with E-state index in [1.807, 2.05) is 24.3 Å². The third-order valence-electron chi connectivity index (χ3n) is 3.99. The van der Waals surface area contributed by atoms with Crippen LogP contribution < -0.4 is 9.47 Å². The molecule has 1 atom stereocenters. The van der Waals surface area contributed by atoms with E-state index in [9.17, 15) is 4.79 Å². The van der Waals surface area contributed by atoms with E-state index in [1.165, 1.54) is 11.8 Å². The van der Waals surface area contributed by atoms with Gasteiger partial charge in [0.1, 0.15) is 4.32 Å². The SMILES string of the molecule is COc1ccc(/C=C2\SC(=S)N(CC3CCCO3)C2=O)cc1OC. The summed E-state index contributed by atoms with van der Waals surface area (Å²) in [5.41, 5.74) is 0.866. The van der Waals surface area contributed by atoms with E-state index in [1.54, 1.807) is 19.1 Å². The van der Waals surface area contributed by atoms with Crippen molar-refractivity contribution in [3.63, 3.8) is 0 Å². The fourth-order valence-electron chi connectivity index (χ4n) is 2.74. The van der Waals surface area contributed by atoms with E-state index in [4.69, 9.17) is 26.4 Å². The van der Waals surface area contributed by atoms with Gasteiger partial charge in [-0.25, -0.2) is 0 Å². The maximum atomic E-state index is 12.6. The third kappa shape index (κ3) is 3.58. The Labute approximate surface area is 150 Å². The van der Waals surface area contributed by atoms with Gasteiger partial charge in [0.15, 0.2) is 11.5 Å².